The predicted octanol–water partition coefficient (Wildman–Crippen LogP) is 1.10. The first-order valence-electron chi connectivity index (χ1n) is 10.5. The number of nitrogens with one attached hydrogen (secondary N) is 1. The Hall–Kier alpha value is -5.27. The number of aromatic nitrogens is 5. The van der Waals surface area contributed by atoms with Crippen LogP contribution in [0.25, 0.3) is 5.82 Å². The van der Waals surface area contributed by atoms with Gasteiger partial charge in [-0.15, -0.1) is 5.10 Å². The van der Waals surface area contributed by atoms with Crippen LogP contribution in [0.4, 0.5) is 11.5 Å². The van der Waals surface area contributed by atoms with Gasteiger partial charge in [-0.25, -0.2) is 14.8 Å². The number of carboxylic acid groups (broad SMARTS) is 1. The molecule has 0 bridgehead atoms. The van der Waals surface area contributed by atoms with Crippen LogP contribution in [-0.4, -0.2) is 62.2 Å². The molecule has 0 saturated heterocycles. The second-order valence-electron chi connectivity index (χ2n) is 7.38. The number of hydrogen-bond acceptors (Lipinski definition) is 11. The molecule has 36 heavy (non-hydrogen) atoms. The molecule has 0 unspecified atom stereocenters. The number of anilines is 2. The van der Waals surface area contributed by atoms with Gasteiger partial charge in [0.05, 0.1) is 18.5 Å². The van der Waals surface area contributed by atoms with E-state index in [1.807, 2.05) is 42.3 Å². The molecule has 0 radical (unpaired) electrons. The largest absolute Gasteiger partial charge is 0.481 e. The number of hydrogen-bond donors (Lipinski definition) is 3. The molecule has 0 aliphatic carbocycles. The van der Waals surface area contributed by atoms with Crippen LogP contribution >= 0.6 is 0 Å². The molecule has 2 aromatic carbocycles. The van der Waals surface area contributed by atoms with Gasteiger partial charge >= 0.3 is 5.97 Å². The summed E-state index contributed by atoms with van der Waals surface area (Å²) in [6, 6.07) is 16.1. The maximum absolute atomic E-state index is 13.0. The number of carbonyl (C=O) groups excluding carboxylic acids is 1. The molecular weight excluding hydrogens is 470 g/mol. The number of carbonyl (C=O) groups is 2. The molecule has 1 amide bonds. The second kappa shape index (κ2) is 10.8. The fourth-order valence-electron chi connectivity index (χ4n) is 3.20. The first-order chi connectivity index (χ1) is 17.4. The number of carboxylic acids is 1. The van der Waals surface area contributed by atoms with Crippen molar-refractivity contribution in [2.45, 2.75) is 6.54 Å². The molecule has 4 N–H and O–H groups in total. The number of hydrazone groups is 1. The zero-order valence-corrected chi connectivity index (χ0v) is 19.0. The number of nitrogens with zero attached hydrogens (tertiary/aromatic N) is 7. The highest BCUT2D eigenvalue weighted by Gasteiger charge is 2.25. The first kappa shape index (κ1) is 23.9. The molecule has 0 aliphatic heterocycles. The van der Waals surface area contributed by atoms with Crippen molar-refractivity contribution in [1.82, 2.24) is 30.7 Å². The highest BCUT2D eigenvalue weighted by Crippen LogP contribution is 2.20. The molecule has 0 fully saturated rings. The molecule has 2 heterocycles. The van der Waals surface area contributed by atoms with E-state index in [4.69, 9.17) is 15.6 Å². The molecule has 0 saturated carbocycles. The summed E-state index contributed by atoms with van der Waals surface area (Å²) in [4.78, 5) is 25.7. The summed E-state index contributed by atoms with van der Waals surface area (Å²) < 4.78 is 11.2. The monoisotopic (exact) mass is 491 g/mol. The van der Waals surface area contributed by atoms with Crippen molar-refractivity contribution in [3.63, 3.8) is 0 Å². The molecule has 4 aromatic rings. The van der Waals surface area contributed by atoms with E-state index < -0.39 is 18.5 Å². The molecule has 0 spiro atoms. The minimum absolute atomic E-state index is 0.0206. The van der Waals surface area contributed by atoms with Crippen LogP contribution in [-0.2, 0) is 11.3 Å². The molecule has 14 nitrogen and oxygen atoms in total. The standard InChI is InChI=1S/C22H21N9O5/c1-30(15-8-3-2-4-9-15)12-16-19(25-29-31(16)21-20(23)27-36-28-21)22(34)26-24-11-14-7-5-6-10-17(14)35-13-18(32)33/h2-11H,12-13H2,1H3,(H2,23,27)(H,26,34)(H,32,33)/b24-11-. The van der Waals surface area contributed by atoms with Crippen LogP contribution in [0.5, 0.6) is 5.75 Å². The number of ether oxygens (including phenoxy) is 1. The minimum Gasteiger partial charge on any atom is -0.481 e. The summed E-state index contributed by atoms with van der Waals surface area (Å²) in [6.45, 7) is -0.305. The summed E-state index contributed by atoms with van der Waals surface area (Å²) >= 11 is 0. The fraction of sp³-hybridized carbons (Fsp3) is 0.136. The van der Waals surface area contributed by atoms with E-state index in [-0.39, 0.29) is 23.9 Å². The van der Waals surface area contributed by atoms with Crippen LogP contribution < -0.4 is 20.8 Å². The van der Waals surface area contributed by atoms with Gasteiger partial charge in [0.1, 0.15) is 5.75 Å². The SMILES string of the molecule is CN(Cc1c(C(=O)N/N=C\c2ccccc2OCC(=O)O)nnn1-c1nonc1N)c1ccccc1. The Morgan fingerprint density at radius 2 is 1.94 bits per heavy atom. The molecular formula is C22H21N9O5. The van der Waals surface area contributed by atoms with Gasteiger partial charge in [0.2, 0.25) is 11.6 Å². The van der Waals surface area contributed by atoms with Crippen molar-refractivity contribution in [2.24, 2.45) is 5.10 Å². The molecule has 14 heteroatoms. The van der Waals surface area contributed by atoms with Gasteiger partial charge in [-0.05, 0) is 34.6 Å². The van der Waals surface area contributed by atoms with E-state index >= 15 is 0 Å². The lowest BCUT2D eigenvalue weighted by Gasteiger charge is -2.19. The Bertz CT molecular complexity index is 1380. The van der Waals surface area contributed by atoms with E-state index in [9.17, 15) is 9.59 Å². The number of amides is 1. The van der Waals surface area contributed by atoms with E-state index in [1.54, 1.807) is 24.3 Å². The van der Waals surface area contributed by atoms with Crippen LogP contribution in [0.1, 0.15) is 21.7 Å². The van der Waals surface area contributed by atoms with Crippen molar-refractivity contribution in [3.8, 4) is 11.6 Å². The van der Waals surface area contributed by atoms with Crippen LogP contribution in [0.2, 0.25) is 0 Å². The van der Waals surface area contributed by atoms with Crippen molar-refractivity contribution >= 4 is 29.6 Å². The minimum atomic E-state index is -1.12. The van der Waals surface area contributed by atoms with Crippen molar-refractivity contribution < 1.29 is 24.1 Å². The third-order valence-corrected chi connectivity index (χ3v) is 4.90. The highest BCUT2D eigenvalue weighted by molar-refractivity contribution is 5.94. The Labute approximate surface area is 203 Å². The summed E-state index contributed by atoms with van der Waals surface area (Å²) in [5, 5.41) is 28.1. The predicted molar refractivity (Wildman–Crippen MR) is 127 cm³/mol. The summed E-state index contributed by atoms with van der Waals surface area (Å²) in [6.07, 6.45) is 1.33. The molecule has 2 aromatic heterocycles. The third-order valence-electron chi connectivity index (χ3n) is 4.90. The first-order valence-corrected chi connectivity index (χ1v) is 10.5. The Morgan fingerprint density at radius 1 is 1.19 bits per heavy atom. The van der Waals surface area contributed by atoms with Crippen molar-refractivity contribution in [2.75, 3.05) is 24.3 Å². The van der Waals surface area contributed by atoms with Gasteiger partial charge in [0.15, 0.2) is 12.3 Å². The maximum Gasteiger partial charge on any atom is 0.341 e. The third kappa shape index (κ3) is 5.44. The summed E-state index contributed by atoms with van der Waals surface area (Å²) in [5.41, 5.74) is 9.92. The smallest absolute Gasteiger partial charge is 0.341 e. The van der Waals surface area contributed by atoms with Crippen LogP contribution in [0.15, 0.2) is 64.3 Å². The number of nitrogen functional groups attached to an aromatic ring is 1. The summed E-state index contributed by atoms with van der Waals surface area (Å²) in [5.74, 6) is -1.40. The number of nitrogens with two attached hydrogens (primary N) is 1. The molecule has 4 rings (SSSR count). The summed E-state index contributed by atoms with van der Waals surface area (Å²) in [7, 11) is 1.84. The lowest BCUT2D eigenvalue weighted by molar-refractivity contribution is -0.139. The average molecular weight is 491 g/mol. The second-order valence-corrected chi connectivity index (χ2v) is 7.38. The Morgan fingerprint density at radius 3 is 2.67 bits per heavy atom. The van der Waals surface area contributed by atoms with Gasteiger partial charge in [0.25, 0.3) is 5.91 Å². The normalized spacial score (nSPS) is 10.9. The van der Waals surface area contributed by atoms with Gasteiger partial charge in [-0.2, -0.15) is 9.78 Å². The molecule has 184 valence electrons. The topological polar surface area (TPSA) is 187 Å². The van der Waals surface area contributed by atoms with Gasteiger partial charge in [0, 0.05) is 18.3 Å². The zero-order valence-electron chi connectivity index (χ0n) is 19.0. The number of benzene rings is 2. The van der Waals surface area contributed by atoms with Crippen LogP contribution in [0, 0.1) is 0 Å². The molecule has 0 aliphatic rings. The van der Waals surface area contributed by atoms with E-state index in [0.717, 1.165) is 5.69 Å². The van der Waals surface area contributed by atoms with Gasteiger partial charge in [-0.1, -0.05) is 35.5 Å². The fourth-order valence-corrected chi connectivity index (χ4v) is 3.20. The van der Waals surface area contributed by atoms with Crippen molar-refractivity contribution in [3.05, 3.63) is 71.5 Å². The zero-order chi connectivity index (χ0) is 25.5. The average Bonchev–Trinajstić information content (AvgIpc) is 3.49. The highest BCUT2D eigenvalue weighted by atomic mass is 16.6. The Balaban J connectivity index is 1.57. The van der Waals surface area contributed by atoms with E-state index in [1.165, 1.54) is 10.9 Å². The quantitative estimate of drug-likeness (QED) is 0.213. The van der Waals surface area contributed by atoms with E-state index in [2.05, 4.69) is 35.8 Å². The van der Waals surface area contributed by atoms with E-state index in [0.29, 0.717) is 17.0 Å². The van der Waals surface area contributed by atoms with Crippen molar-refractivity contribution in [1.29, 1.82) is 0 Å². The van der Waals surface area contributed by atoms with Crippen LogP contribution in [0.3, 0.4) is 0 Å². The lowest BCUT2D eigenvalue weighted by Crippen LogP contribution is -2.24. The van der Waals surface area contributed by atoms with Gasteiger partial charge < -0.3 is 20.5 Å². The number of rotatable bonds is 10. The lowest BCUT2D eigenvalue weighted by atomic mass is 10.2. The molecule has 0 atom stereocenters. The maximum atomic E-state index is 13.0. The number of aliphatic carboxylic acids is 1. The van der Waals surface area contributed by atoms with Gasteiger partial charge in [-0.3, -0.25) is 4.79 Å². The Kier molecular flexibility index (Phi) is 7.14. The number of para-hydroxylation sites is 2.